The lowest BCUT2D eigenvalue weighted by molar-refractivity contribution is -0.151. The number of rotatable bonds is 3. The first-order valence-electron chi connectivity index (χ1n) is 4.40. The number of esters is 1. The molecule has 0 aliphatic rings. The van der Waals surface area contributed by atoms with E-state index in [1.165, 1.54) is 7.11 Å². The third kappa shape index (κ3) is 3.06. The molecule has 0 aliphatic carbocycles. The fourth-order valence-corrected chi connectivity index (χ4v) is 1.44. The van der Waals surface area contributed by atoms with Crippen molar-refractivity contribution >= 4 is 23.4 Å². The van der Waals surface area contributed by atoms with E-state index in [4.69, 9.17) is 11.6 Å². The molecule has 0 N–H and O–H groups in total. The highest BCUT2D eigenvalue weighted by molar-refractivity contribution is 6.34. The summed E-state index contributed by atoms with van der Waals surface area (Å²) < 4.78 is 4.33. The van der Waals surface area contributed by atoms with Crippen LogP contribution in [0.15, 0.2) is 18.2 Å². The Morgan fingerprint density at radius 3 is 2.60 bits per heavy atom. The van der Waals surface area contributed by atoms with Crippen LogP contribution in [0.3, 0.4) is 0 Å². The minimum Gasteiger partial charge on any atom is -0.463 e. The van der Waals surface area contributed by atoms with Crippen LogP contribution in [-0.2, 0) is 20.7 Å². The smallest absolute Gasteiger partial charge is 0.374 e. The number of hydrogen-bond acceptors (Lipinski definition) is 3. The van der Waals surface area contributed by atoms with Gasteiger partial charge in [-0.2, -0.15) is 0 Å². The summed E-state index contributed by atoms with van der Waals surface area (Å²) in [4.78, 5) is 22.2. The molecule has 0 spiro atoms. The molecule has 0 amide bonds. The van der Waals surface area contributed by atoms with Gasteiger partial charge in [-0.1, -0.05) is 17.7 Å². The number of ketones is 1. The molecule has 1 aromatic rings. The molecule has 0 radical (unpaired) electrons. The van der Waals surface area contributed by atoms with E-state index in [1.807, 2.05) is 6.92 Å². The van der Waals surface area contributed by atoms with Crippen molar-refractivity contribution in [2.45, 2.75) is 13.3 Å². The minimum absolute atomic E-state index is 0.0513. The summed E-state index contributed by atoms with van der Waals surface area (Å²) in [7, 11) is 1.19. The number of carbonyl (C=O) groups excluding carboxylic acids is 2. The summed E-state index contributed by atoms with van der Waals surface area (Å²) in [5.74, 6) is -1.37. The number of ether oxygens (including phenoxy) is 1. The van der Waals surface area contributed by atoms with Gasteiger partial charge in [-0.3, -0.25) is 4.79 Å². The van der Waals surface area contributed by atoms with Crippen LogP contribution in [0.25, 0.3) is 0 Å². The Morgan fingerprint density at radius 1 is 1.40 bits per heavy atom. The van der Waals surface area contributed by atoms with Crippen LogP contribution in [0.1, 0.15) is 11.1 Å². The van der Waals surface area contributed by atoms with Crippen molar-refractivity contribution in [3.63, 3.8) is 0 Å². The van der Waals surface area contributed by atoms with Gasteiger partial charge in [0.1, 0.15) is 0 Å². The zero-order valence-corrected chi connectivity index (χ0v) is 9.30. The molecule has 15 heavy (non-hydrogen) atoms. The fraction of sp³-hybridized carbons (Fsp3) is 0.273. The molecule has 0 saturated heterocycles. The van der Waals surface area contributed by atoms with Gasteiger partial charge in [0.25, 0.3) is 0 Å². The van der Waals surface area contributed by atoms with Crippen LogP contribution in [0.5, 0.6) is 0 Å². The second-order valence-electron chi connectivity index (χ2n) is 3.16. The Morgan fingerprint density at radius 2 is 2.07 bits per heavy atom. The predicted octanol–water partition coefficient (Wildman–Crippen LogP) is 1.93. The number of benzene rings is 1. The monoisotopic (exact) mass is 226 g/mol. The van der Waals surface area contributed by atoms with Gasteiger partial charge in [0.15, 0.2) is 0 Å². The molecular formula is C11H11ClO3. The van der Waals surface area contributed by atoms with E-state index in [1.54, 1.807) is 18.2 Å². The first-order valence-corrected chi connectivity index (χ1v) is 4.78. The Bertz CT molecular complexity index is 399. The molecular weight excluding hydrogens is 216 g/mol. The SMILES string of the molecule is COC(=O)C(=O)Cc1ccc(Cl)cc1C. The van der Waals surface area contributed by atoms with Gasteiger partial charge in [0.05, 0.1) is 7.11 Å². The largest absolute Gasteiger partial charge is 0.463 e. The van der Waals surface area contributed by atoms with Crippen molar-refractivity contribution in [2.75, 3.05) is 7.11 Å². The van der Waals surface area contributed by atoms with Gasteiger partial charge in [0, 0.05) is 11.4 Å². The number of hydrogen-bond donors (Lipinski definition) is 0. The maximum absolute atomic E-state index is 11.3. The predicted molar refractivity (Wildman–Crippen MR) is 56.9 cm³/mol. The first-order chi connectivity index (χ1) is 7.04. The third-order valence-electron chi connectivity index (χ3n) is 2.07. The maximum atomic E-state index is 11.3. The number of halogens is 1. The summed E-state index contributed by atoms with van der Waals surface area (Å²) >= 11 is 5.77. The number of aryl methyl sites for hydroxylation is 1. The van der Waals surface area contributed by atoms with Crippen molar-refractivity contribution in [2.24, 2.45) is 0 Å². The van der Waals surface area contributed by atoms with Crippen molar-refractivity contribution in [3.05, 3.63) is 34.3 Å². The van der Waals surface area contributed by atoms with Crippen LogP contribution < -0.4 is 0 Å². The molecule has 3 nitrogen and oxygen atoms in total. The van der Waals surface area contributed by atoms with E-state index in [0.717, 1.165) is 11.1 Å². The highest BCUT2D eigenvalue weighted by Gasteiger charge is 2.15. The van der Waals surface area contributed by atoms with E-state index in [2.05, 4.69) is 4.74 Å². The second kappa shape index (κ2) is 4.94. The molecule has 0 fully saturated rings. The lowest BCUT2D eigenvalue weighted by Crippen LogP contribution is -2.18. The summed E-state index contributed by atoms with van der Waals surface area (Å²) in [6.07, 6.45) is 0.0513. The third-order valence-corrected chi connectivity index (χ3v) is 2.30. The van der Waals surface area contributed by atoms with Gasteiger partial charge in [-0.05, 0) is 30.2 Å². The summed E-state index contributed by atoms with van der Waals surface area (Å²) in [6, 6.07) is 5.18. The highest BCUT2D eigenvalue weighted by Crippen LogP contribution is 2.15. The van der Waals surface area contributed by atoms with Crippen molar-refractivity contribution < 1.29 is 14.3 Å². The minimum atomic E-state index is -0.815. The Hall–Kier alpha value is -1.35. The van der Waals surface area contributed by atoms with Gasteiger partial charge in [0.2, 0.25) is 5.78 Å². The van der Waals surface area contributed by atoms with Gasteiger partial charge < -0.3 is 4.74 Å². The van der Waals surface area contributed by atoms with E-state index in [-0.39, 0.29) is 6.42 Å². The van der Waals surface area contributed by atoms with Crippen molar-refractivity contribution in [3.8, 4) is 0 Å². The van der Waals surface area contributed by atoms with Crippen LogP contribution in [0.2, 0.25) is 5.02 Å². The molecule has 1 rings (SSSR count). The molecule has 0 aromatic heterocycles. The van der Waals surface area contributed by atoms with Crippen LogP contribution in [-0.4, -0.2) is 18.9 Å². The first kappa shape index (κ1) is 11.7. The van der Waals surface area contributed by atoms with Crippen molar-refractivity contribution in [1.29, 1.82) is 0 Å². The zero-order valence-electron chi connectivity index (χ0n) is 8.54. The average Bonchev–Trinajstić information content (AvgIpc) is 2.20. The quantitative estimate of drug-likeness (QED) is 0.584. The standard InChI is InChI=1S/C11H11ClO3/c1-7-5-9(12)4-3-8(7)6-10(13)11(14)15-2/h3-5H,6H2,1-2H3. The average molecular weight is 227 g/mol. The van der Waals surface area contributed by atoms with Gasteiger partial charge >= 0.3 is 5.97 Å². The van der Waals surface area contributed by atoms with Crippen LogP contribution in [0, 0.1) is 6.92 Å². The molecule has 0 atom stereocenters. The van der Waals surface area contributed by atoms with Crippen LogP contribution in [0.4, 0.5) is 0 Å². The molecule has 4 heteroatoms. The molecule has 80 valence electrons. The molecule has 0 heterocycles. The lowest BCUT2D eigenvalue weighted by Gasteiger charge is -2.04. The molecule has 1 aromatic carbocycles. The maximum Gasteiger partial charge on any atom is 0.374 e. The topological polar surface area (TPSA) is 43.4 Å². The molecule has 0 unspecified atom stereocenters. The Kier molecular flexibility index (Phi) is 3.86. The molecule has 0 bridgehead atoms. The Labute approximate surface area is 93.0 Å². The lowest BCUT2D eigenvalue weighted by atomic mass is 10.0. The second-order valence-corrected chi connectivity index (χ2v) is 3.60. The van der Waals surface area contributed by atoms with Gasteiger partial charge in [-0.25, -0.2) is 4.79 Å². The van der Waals surface area contributed by atoms with E-state index >= 15 is 0 Å². The van der Waals surface area contributed by atoms with E-state index in [9.17, 15) is 9.59 Å². The Balaban J connectivity index is 2.81. The summed E-state index contributed by atoms with van der Waals surface area (Å²) in [5.41, 5.74) is 1.68. The number of carbonyl (C=O) groups is 2. The van der Waals surface area contributed by atoms with Crippen molar-refractivity contribution in [1.82, 2.24) is 0 Å². The number of methoxy groups -OCH3 is 1. The summed E-state index contributed by atoms with van der Waals surface area (Å²) in [6.45, 7) is 1.84. The highest BCUT2D eigenvalue weighted by atomic mass is 35.5. The van der Waals surface area contributed by atoms with E-state index < -0.39 is 11.8 Å². The fourth-order valence-electron chi connectivity index (χ4n) is 1.22. The van der Waals surface area contributed by atoms with Gasteiger partial charge in [-0.15, -0.1) is 0 Å². The zero-order chi connectivity index (χ0) is 11.4. The van der Waals surface area contributed by atoms with Crippen LogP contribution >= 0.6 is 11.6 Å². The number of Topliss-reactive ketones (excluding diaryl/α,β-unsaturated/α-hetero) is 1. The molecule has 0 saturated carbocycles. The molecule has 0 aliphatic heterocycles. The summed E-state index contributed by atoms with van der Waals surface area (Å²) in [5, 5.41) is 0.613. The normalized spacial score (nSPS) is 9.80. The van der Waals surface area contributed by atoms with E-state index in [0.29, 0.717) is 5.02 Å².